The maximum atomic E-state index is 8.52. The van der Waals surface area contributed by atoms with Crippen LogP contribution >= 0.6 is 0 Å². The van der Waals surface area contributed by atoms with Gasteiger partial charge in [0, 0.05) is 13.0 Å². The summed E-state index contributed by atoms with van der Waals surface area (Å²) in [6, 6.07) is 0. The van der Waals surface area contributed by atoms with Crippen LogP contribution in [0.4, 0.5) is 0 Å². The van der Waals surface area contributed by atoms with E-state index in [1.165, 1.54) is 25.7 Å². The Balaban J connectivity index is 3.21. The fourth-order valence-electron chi connectivity index (χ4n) is 1.12. The van der Waals surface area contributed by atoms with E-state index in [0.29, 0.717) is 0 Å². The minimum atomic E-state index is 0.273. The van der Waals surface area contributed by atoms with Crippen molar-refractivity contribution in [2.45, 2.75) is 51.9 Å². The standard InChI is InChI=1S/C13H22O/c1-2-3-4-5-6-7-8-9-10-11-12-13-14/h9-10,14H,2-6,11-13H2,1H3/b10-9+. The maximum Gasteiger partial charge on any atom is 0.0433 e. The van der Waals surface area contributed by atoms with Gasteiger partial charge in [-0.25, -0.2) is 0 Å². The highest BCUT2D eigenvalue weighted by atomic mass is 16.2. The molecule has 0 aromatic carbocycles. The number of rotatable bonds is 7. The van der Waals surface area contributed by atoms with Gasteiger partial charge >= 0.3 is 0 Å². The second kappa shape index (κ2) is 12.3. The third kappa shape index (κ3) is 11.3. The molecule has 1 N–H and O–H groups in total. The first-order valence-corrected chi connectivity index (χ1v) is 5.66. The molecule has 0 rings (SSSR count). The normalized spacial score (nSPS) is 10.1. The second-order valence-electron chi connectivity index (χ2n) is 3.40. The fourth-order valence-corrected chi connectivity index (χ4v) is 1.12. The Morgan fingerprint density at radius 3 is 2.71 bits per heavy atom. The number of allylic oxidation sites excluding steroid dienone is 2. The first kappa shape index (κ1) is 13.3. The van der Waals surface area contributed by atoms with E-state index >= 15 is 0 Å². The first-order chi connectivity index (χ1) is 6.91. The molecule has 0 aromatic heterocycles. The molecule has 0 radical (unpaired) electrons. The molecule has 0 aliphatic rings. The summed E-state index contributed by atoms with van der Waals surface area (Å²) in [5, 5.41) is 8.52. The third-order valence-electron chi connectivity index (χ3n) is 1.99. The van der Waals surface area contributed by atoms with E-state index in [9.17, 15) is 0 Å². The number of hydrogen-bond donors (Lipinski definition) is 1. The molecule has 0 saturated carbocycles. The van der Waals surface area contributed by atoms with Gasteiger partial charge in [0.15, 0.2) is 0 Å². The van der Waals surface area contributed by atoms with Gasteiger partial charge in [-0.1, -0.05) is 44.1 Å². The Hall–Kier alpha value is -0.740. The minimum Gasteiger partial charge on any atom is -0.396 e. The smallest absolute Gasteiger partial charge is 0.0433 e. The van der Waals surface area contributed by atoms with Gasteiger partial charge in [0.1, 0.15) is 0 Å². The quantitative estimate of drug-likeness (QED) is 0.487. The van der Waals surface area contributed by atoms with Crippen LogP contribution in [0.2, 0.25) is 0 Å². The molecule has 0 aromatic rings. The van der Waals surface area contributed by atoms with Gasteiger partial charge in [-0.2, -0.15) is 0 Å². The fraction of sp³-hybridized carbons (Fsp3) is 0.692. The molecule has 0 heterocycles. The lowest BCUT2D eigenvalue weighted by Crippen LogP contribution is -1.77. The zero-order chi connectivity index (χ0) is 10.5. The number of hydrogen-bond acceptors (Lipinski definition) is 1. The van der Waals surface area contributed by atoms with E-state index in [4.69, 9.17) is 5.11 Å². The van der Waals surface area contributed by atoms with Crippen LogP contribution in [-0.4, -0.2) is 11.7 Å². The van der Waals surface area contributed by atoms with Crippen molar-refractivity contribution in [3.05, 3.63) is 12.2 Å². The molecule has 1 heteroatoms. The Morgan fingerprint density at radius 1 is 1.14 bits per heavy atom. The van der Waals surface area contributed by atoms with E-state index in [0.717, 1.165) is 19.3 Å². The number of aliphatic hydroxyl groups is 1. The lowest BCUT2D eigenvalue weighted by molar-refractivity contribution is 0.289. The van der Waals surface area contributed by atoms with Crippen molar-refractivity contribution in [1.82, 2.24) is 0 Å². The average Bonchev–Trinajstić information content (AvgIpc) is 2.21. The predicted octanol–water partition coefficient (Wildman–Crippen LogP) is 3.29. The van der Waals surface area contributed by atoms with Crippen LogP contribution in [0, 0.1) is 11.8 Å². The molecule has 0 unspecified atom stereocenters. The summed E-state index contributed by atoms with van der Waals surface area (Å²) in [6.45, 7) is 2.49. The maximum absolute atomic E-state index is 8.52. The molecular formula is C13H22O. The van der Waals surface area contributed by atoms with Crippen LogP contribution in [0.5, 0.6) is 0 Å². The summed E-state index contributed by atoms with van der Waals surface area (Å²) >= 11 is 0. The minimum absolute atomic E-state index is 0.273. The highest BCUT2D eigenvalue weighted by Crippen LogP contribution is 2.00. The molecule has 0 spiro atoms. The second-order valence-corrected chi connectivity index (χ2v) is 3.40. The molecule has 0 aliphatic heterocycles. The topological polar surface area (TPSA) is 20.2 Å². The van der Waals surface area contributed by atoms with Crippen molar-refractivity contribution >= 4 is 0 Å². The molecule has 0 atom stereocenters. The van der Waals surface area contributed by atoms with Crippen molar-refractivity contribution < 1.29 is 5.11 Å². The summed E-state index contributed by atoms with van der Waals surface area (Å²) < 4.78 is 0. The van der Waals surface area contributed by atoms with Crippen molar-refractivity contribution in [2.75, 3.05) is 6.61 Å². The Kier molecular flexibility index (Phi) is 11.6. The van der Waals surface area contributed by atoms with Gasteiger partial charge in [0.2, 0.25) is 0 Å². The molecular weight excluding hydrogens is 172 g/mol. The predicted molar refractivity (Wildman–Crippen MR) is 62.0 cm³/mol. The summed E-state index contributed by atoms with van der Waals surface area (Å²) in [7, 11) is 0. The molecule has 1 nitrogen and oxygen atoms in total. The van der Waals surface area contributed by atoms with Crippen molar-refractivity contribution in [3.63, 3.8) is 0 Å². The van der Waals surface area contributed by atoms with E-state index < -0.39 is 0 Å². The van der Waals surface area contributed by atoms with Crippen molar-refractivity contribution in [1.29, 1.82) is 0 Å². The van der Waals surface area contributed by atoms with Crippen LogP contribution in [0.3, 0.4) is 0 Å². The monoisotopic (exact) mass is 194 g/mol. The van der Waals surface area contributed by atoms with E-state index in [2.05, 4.69) is 18.8 Å². The highest BCUT2D eigenvalue weighted by molar-refractivity contribution is 5.14. The molecule has 80 valence electrons. The molecule has 14 heavy (non-hydrogen) atoms. The molecule has 0 aliphatic carbocycles. The van der Waals surface area contributed by atoms with Gasteiger partial charge in [0.25, 0.3) is 0 Å². The number of unbranched alkanes of at least 4 members (excludes halogenated alkanes) is 5. The first-order valence-electron chi connectivity index (χ1n) is 5.66. The lowest BCUT2D eigenvalue weighted by Gasteiger charge is -1.91. The van der Waals surface area contributed by atoms with E-state index in [-0.39, 0.29) is 6.61 Å². The SMILES string of the molecule is CCCCCCC#C/C=C/CCCO. The Morgan fingerprint density at radius 2 is 2.00 bits per heavy atom. The summed E-state index contributed by atoms with van der Waals surface area (Å²) in [4.78, 5) is 0. The molecule has 0 amide bonds. The van der Waals surface area contributed by atoms with Crippen LogP contribution in [0.25, 0.3) is 0 Å². The van der Waals surface area contributed by atoms with Crippen molar-refractivity contribution in [3.8, 4) is 11.8 Å². The van der Waals surface area contributed by atoms with Gasteiger partial charge in [0.05, 0.1) is 0 Å². The van der Waals surface area contributed by atoms with Crippen molar-refractivity contribution in [2.24, 2.45) is 0 Å². The molecule has 0 bridgehead atoms. The average molecular weight is 194 g/mol. The van der Waals surface area contributed by atoms with E-state index in [1.807, 2.05) is 12.2 Å². The van der Waals surface area contributed by atoms with Gasteiger partial charge in [-0.05, 0) is 25.3 Å². The largest absolute Gasteiger partial charge is 0.396 e. The third-order valence-corrected chi connectivity index (χ3v) is 1.99. The summed E-state index contributed by atoms with van der Waals surface area (Å²) in [5.74, 6) is 6.13. The number of aliphatic hydroxyl groups excluding tert-OH is 1. The Bertz CT molecular complexity index is 183. The molecule has 0 saturated heterocycles. The highest BCUT2D eigenvalue weighted by Gasteiger charge is 1.82. The van der Waals surface area contributed by atoms with Gasteiger partial charge < -0.3 is 5.11 Å². The zero-order valence-electron chi connectivity index (χ0n) is 9.26. The molecule has 0 fully saturated rings. The van der Waals surface area contributed by atoms with Crippen LogP contribution in [0.15, 0.2) is 12.2 Å². The van der Waals surface area contributed by atoms with Gasteiger partial charge in [-0.3, -0.25) is 0 Å². The summed E-state index contributed by atoms with van der Waals surface area (Å²) in [6.07, 6.45) is 11.9. The van der Waals surface area contributed by atoms with E-state index in [1.54, 1.807) is 0 Å². The Labute approximate surface area is 88.2 Å². The van der Waals surface area contributed by atoms with Crippen LogP contribution in [-0.2, 0) is 0 Å². The van der Waals surface area contributed by atoms with Crippen LogP contribution < -0.4 is 0 Å². The zero-order valence-corrected chi connectivity index (χ0v) is 9.26. The lowest BCUT2D eigenvalue weighted by atomic mass is 10.1. The van der Waals surface area contributed by atoms with Gasteiger partial charge in [-0.15, -0.1) is 0 Å². The summed E-state index contributed by atoms with van der Waals surface area (Å²) in [5.41, 5.74) is 0. The van der Waals surface area contributed by atoms with Crippen LogP contribution in [0.1, 0.15) is 51.9 Å².